The molecule has 0 fully saturated rings. The summed E-state index contributed by atoms with van der Waals surface area (Å²) in [6, 6.07) is 6.68. The van der Waals surface area contributed by atoms with Crippen LogP contribution in [0.25, 0.3) is 16.9 Å². The maximum Gasteiger partial charge on any atom is 0.128 e. The van der Waals surface area contributed by atoms with Crippen LogP contribution in [0.5, 0.6) is 0 Å². The summed E-state index contributed by atoms with van der Waals surface area (Å²) in [5, 5.41) is 0. The number of nitrogen functional groups attached to an aromatic ring is 1. The minimum atomic E-state index is -0.249. The van der Waals surface area contributed by atoms with Gasteiger partial charge in [-0.05, 0) is 25.1 Å². The Bertz CT molecular complexity index is 764. The van der Waals surface area contributed by atoms with Crippen LogP contribution in [0.3, 0.4) is 0 Å². The molecule has 0 unspecified atom stereocenters. The second kappa shape index (κ2) is 4.77. The SMILES string of the molecule is Cc1c(F)cccc1-n1cncc1-c1cnccc1N. The molecule has 3 aromatic rings. The van der Waals surface area contributed by atoms with Gasteiger partial charge in [0.05, 0.1) is 23.9 Å². The van der Waals surface area contributed by atoms with Gasteiger partial charge in [0.1, 0.15) is 5.82 Å². The van der Waals surface area contributed by atoms with Crippen LogP contribution in [0.2, 0.25) is 0 Å². The lowest BCUT2D eigenvalue weighted by atomic mass is 10.1. The monoisotopic (exact) mass is 268 g/mol. The van der Waals surface area contributed by atoms with Gasteiger partial charge in [0, 0.05) is 29.2 Å². The minimum absolute atomic E-state index is 0.249. The molecule has 2 aromatic heterocycles. The van der Waals surface area contributed by atoms with Gasteiger partial charge in [0.15, 0.2) is 0 Å². The lowest BCUT2D eigenvalue weighted by Crippen LogP contribution is -2.01. The van der Waals surface area contributed by atoms with E-state index in [2.05, 4.69) is 9.97 Å². The number of benzene rings is 1. The Balaban J connectivity index is 2.21. The molecular weight excluding hydrogens is 255 g/mol. The van der Waals surface area contributed by atoms with Crippen molar-refractivity contribution in [3.63, 3.8) is 0 Å². The van der Waals surface area contributed by atoms with E-state index in [1.807, 2.05) is 10.6 Å². The fourth-order valence-corrected chi connectivity index (χ4v) is 2.16. The Morgan fingerprint density at radius 1 is 1.15 bits per heavy atom. The zero-order chi connectivity index (χ0) is 14.1. The average molecular weight is 268 g/mol. The van der Waals surface area contributed by atoms with Crippen LogP contribution in [-0.2, 0) is 0 Å². The molecule has 0 radical (unpaired) electrons. The highest BCUT2D eigenvalue weighted by molar-refractivity contribution is 5.74. The second-order valence-electron chi connectivity index (χ2n) is 4.50. The predicted octanol–water partition coefficient (Wildman–Crippen LogP) is 2.96. The Morgan fingerprint density at radius 2 is 2.00 bits per heavy atom. The molecule has 0 amide bonds. The molecule has 0 atom stereocenters. The minimum Gasteiger partial charge on any atom is -0.398 e. The molecule has 2 N–H and O–H groups in total. The van der Waals surface area contributed by atoms with Crippen molar-refractivity contribution in [3.05, 3.63) is 60.6 Å². The number of halogens is 1. The summed E-state index contributed by atoms with van der Waals surface area (Å²) in [6.07, 6.45) is 6.64. The first-order valence-electron chi connectivity index (χ1n) is 6.16. The third kappa shape index (κ3) is 1.93. The van der Waals surface area contributed by atoms with E-state index in [4.69, 9.17) is 5.73 Å². The van der Waals surface area contributed by atoms with Crippen LogP contribution < -0.4 is 5.73 Å². The highest BCUT2D eigenvalue weighted by Gasteiger charge is 2.12. The maximum absolute atomic E-state index is 13.7. The summed E-state index contributed by atoms with van der Waals surface area (Å²) in [5.74, 6) is -0.249. The third-order valence-electron chi connectivity index (χ3n) is 3.27. The van der Waals surface area contributed by atoms with E-state index in [-0.39, 0.29) is 5.82 Å². The lowest BCUT2D eigenvalue weighted by Gasteiger charge is -2.12. The molecule has 3 rings (SSSR count). The normalized spacial score (nSPS) is 10.7. The van der Waals surface area contributed by atoms with Crippen LogP contribution >= 0.6 is 0 Å². The summed E-state index contributed by atoms with van der Waals surface area (Å²) >= 11 is 0. The van der Waals surface area contributed by atoms with Gasteiger partial charge in [0.25, 0.3) is 0 Å². The molecule has 0 saturated heterocycles. The molecule has 0 bridgehead atoms. The van der Waals surface area contributed by atoms with Gasteiger partial charge >= 0.3 is 0 Å². The molecule has 0 spiro atoms. The summed E-state index contributed by atoms with van der Waals surface area (Å²) in [7, 11) is 0. The molecule has 2 heterocycles. The highest BCUT2D eigenvalue weighted by Crippen LogP contribution is 2.28. The van der Waals surface area contributed by atoms with Crippen LogP contribution in [0.4, 0.5) is 10.1 Å². The summed E-state index contributed by atoms with van der Waals surface area (Å²) in [5.41, 5.74) is 9.43. The van der Waals surface area contributed by atoms with Crippen LogP contribution in [-0.4, -0.2) is 14.5 Å². The molecular formula is C15H13FN4. The topological polar surface area (TPSA) is 56.7 Å². The highest BCUT2D eigenvalue weighted by atomic mass is 19.1. The molecule has 0 aliphatic heterocycles. The zero-order valence-corrected chi connectivity index (χ0v) is 10.9. The molecule has 0 aliphatic carbocycles. The first-order valence-corrected chi connectivity index (χ1v) is 6.16. The van der Waals surface area contributed by atoms with Crippen molar-refractivity contribution in [2.45, 2.75) is 6.92 Å². The number of hydrogen-bond acceptors (Lipinski definition) is 3. The third-order valence-corrected chi connectivity index (χ3v) is 3.27. The zero-order valence-electron chi connectivity index (χ0n) is 10.9. The van der Waals surface area contributed by atoms with Crippen molar-refractivity contribution in [1.29, 1.82) is 0 Å². The predicted molar refractivity (Wildman–Crippen MR) is 75.9 cm³/mol. The second-order valence-corrected chi connectivity index (χ2v) is 4.50. The Labute approximate surface area is 115 Å². The van der Waals surface area contributed by atoms with E-state index in [1.54, 1.807) is 44.0 Å². The number of nitrogens with two attached hydrogens (primary N) is 1. The number of hydrogen-bond donors (Lipinski definition) is 1. The van der Waals surface area contributed by atoms with Gasteiger partial charge in [-0.15, -0.1) is 0 Å². The van der Waals surface area contributed by atoms with E-state index < -0.39 is 0 Å². The summed E-state index contributed by atoms with van der Waals surface area (Å²) in [6.45, 7) is 1.74. The number of pyridine rings is 1. The molecule has 20 heavy (non-hydrogen) atoms. The Kier molecular flexibility index (Phi) is 2.95. The molecule has 1 aromatic carbocycles. The van der Waals surface area contributed by atoms with Gasteiger partial charge in [-0.3, -0.25) is 9.55 Å². The van der Waals surface area contributed by atoms with Crippen molar-refractivity contribution >= 4 is 5.69 Å². The number of imidazole rings is 1. The number of rotatable bonds is 2. The lowest BCUT2D eigenvalue weighted by molar-refractivity contribution is 0.617. The first-order chi connectivity index (χ1) is 9.68. The van der Waals surface area contributed by atoms with E-state index in [1.165, 1.54) is 6.07 Å². The van der Waals surface area contributed by atoms with Gasteiger partial charge in [-0.25, -0.2) is 9.37 Å². The van der Waals surface area contributed by atoms with E-state index in [0.717, 1.165) is 16.9 Å². The van der Waals surface area contributed by atoms with Gasteiger partial charge in [0.2, 0.25) is 0 Å². The standard InChI is InChI=1S/C15H13FN4/c1-10-12(16)3-2-4-14(10)20-9-19-8-15(20)11-7-18-6-5-13(11)17/h2-9H,1H3,(H2,17,18). The summed E-state index contributed by atoms with van der Waals surface area (Å²) in [4.78, 5) is 8.23. The Morgan fingerprint density at radius 3 is 2.80 bits per heavy atom. The Hall–Kier alpha value is -2.69. The van der Waals surface area contributed by atoms with Crippen molar-refractivity contribution in [1.82, 2.24) is 14.5 Å². The van der Waals surface area contributed by atoms with Crippen LogP contribution in [0, 0.1) is 12.7 Å². The van der Waals surface area contributed by atoms with Gasteiger partial charge in [-0.2, -0.15) is 0 Å². The summed E-state index contributed by atoms with van der Waals surface area (Å²) < 4.78 is 15.5. The van der Waals surface area contributed by atoms with Crippen molar-refractivity contribution in [2.24, 2.45) is 0 Å². The van der Waals surface area contributed by atoms with Crippen molar-refractivity contribution < 1.29 is 4.39 Å². The molecule has 100 valence electrons. The van der Waals surface area contributed by atoms with Crippen LogP contribution in [0.15, 0.2) is 49.2 Å². The van der Waals surface area contributed by atoms with Gasteiger partial charge < -0.3 is 5.73 Å². The fourth-order valence-electron chi connectivity index (χ4n) is 2.16. The maximum atomic E-state index is 13.7. The number of nitrogens with zero attached hydrogens (tertiary/aromatic N) is 3. The average Bonchev–Trinajstić information content (AvgIpc) is 2.91. The smallest absolute Gasteiger partial charge is 0.128 e. The number of aromatic nitrogens is 3. The van der Waals surface area contributed by atoms with Crippen molar-refractivity contribution in [3.8, 4) is 16.9 Å². The van der Waals surface area contributed by atoms with E-state index >= 15 is 0 Å². The molecule has 4 nitrogen and oxygen atoms in total. The van der Waals surface area contributed by atoms with Crippen molar-refractivity contribution in [2.75, 3.05) is 5.73 Å². The fraction of sp³-hybridized carbons (Fsp3) is 0.0667. The van der Waals surface area contributed by atoms with Gasteiger partial charge in [-0.1, -0.05) is 6.07 Å². The largest absolute Gasteiger partial charge is 0.398 e. The molecule has 0 saturated carbocycles. The quantitative estimate of drug-likeness (QED) is 0.777. The van der Waals surface area contributed by atoms with E-state index in [0.29, 0.717) is 11.3 Å². The first kappa shape index (κ1) is 12.3. The molecule has 5 heteroatoms. The van der Waals surface area contributed by atoms with Crippen LogP contribution in [0.1, 0.15) is 5.56 Å². The number of anilines is 1. The molecule has 0 aliphatic rings. The van der Waals surface area contributed by atoms with E-state index in [9.17, 15) is 4.39 Å².